The topological polar surface area (TPSA) is 52.8 Å². The number of anilines is 2. The van der Waals surface area contributed by atoms with Crippen LogP contribution in [0.25, 0.3) is 0 Å². The number of nitrogens with two attached hydrogens (primary N) is 1. The maximum Gasteiger partial charge on any atom is 0.418 e. The molecule has 1 saturated carbocycles. The van der Waals surface area contributed by atoms with E-state index in [2.05, 4.69) is 11.5 Å². The molecule has 182 valence electrons. The van der Waals surface area contributed by atoms with Crippen LogP contribution in [0.2, 0.25) is 0 Å². The number of likely N-dealkylation sites (tertiary alicyclic amines) is 1. The molecular weight excluding hydrogens is 429 g/mol. The molecule has 1 aliphatic carbocycles. The maximum absolute atomic E-state index is 13.2. The van der Waals surface area contributed by atoms with E-state index in [0.717, 1.165) is 70.0 Å². The van der Waals surface area contributed by atoms with E-state index in [4.69, 9.17) is 5.73 Å². The molecule has 3 aliphatic rings. The van der Waals surface area contributed by atoms with E-state index >= 15 is 0 Å². The van der Waals surface area contributed by atoms with Gasteiger partial charge in [-0.25, -0.2) is 0 Å². The highest BCUT2D eigenvalue weighted by molar-refractivity contribution is 5.80. The van der Waals surface area contributed by atoms with Gasteiger partial charge < -0.3 is 15.5 Å². The molecule has 2 aliphatic heterocycles. The largest absolute Gasteiger partial charge is 0.418 e. The van der Waals surface area contributed by atoms with Crippen LogP contribution in [0.5, 0.6) is 0 Å². The predicted molar refractivity (Wildman–Crippen MR) is 125 cm³/mol. The molecule has 1 aromatic rings. The molecule has 0 aromatic heterocycles. The van der Waals surface area contributed by atoms with Gasteiger partial charge in [-0.1, -0.05) is 19.4 Å². The summed E-state index contributed by atoms with van der Waals surface area (Å²) in [5.74, 6) is 0.239. The third kappa shape index (κ3) is 5.48. The fourth-order valence-corrected chi connectivity index (χ4v) is 5.77. The Morgan fingerprint density at radius 2 is 1.67 bits per heavy atom. The lowest BCUT2D eigenvalue weighted by molar-refractivity contribution is -0.137. The lowest BCUT2D eigenvalue weighted by atomic mass is 9.75. The van der Waals surface area contributed by atoms with Gasteiger partial charge in [-0.05, 0) is 62.3 Å². The van der Waals surface area contributed by atoms with E-state index in [9.17, 15) is 18.0 Å². The summed E-state index contributed by atoms with van der Waals surface area (Å²) in [5.41, 5.74) is 6.26. The second kappa shape index (κ2) is 9.57. The van der Waals surface area contributed by atoms with Gasteiger partial charge >= 0.3 is 6.18 Å². The number of halogens is 3. The Kier molecular flexibility index (Phi) is 6.93. The molecule has 33 heavy (non-hydrogen) atoms. The Morgan fingerprint density at radius 1 is 1.00 bits per heavy atom. The number of piperazine rings is 1. The summed E-state index contributed by atoms with van der Waals surface area (Å²) in [6.07, 6.45) is 3.90. The third-order valence-electron chi connectivity index (χ3n) is 7.64. The molecule has 0 atom stereocenters. The quantitative estimate of drug-likeness (QED) is 0.481. The van der Waals surface area contributed by atoms with Crippen molar-refractivity contribution in [3.63, 3.8) is 0 Å². The molecule has 3 fully saturated rings. The van der Waals surface area contributed by atoms with Gasteiger partial charge in [-0.3, -0.25) is 9.69 Å². The number of carbonyl (C=O) groups is 1. The van der Waals surface area contributed by atoms with Crippen molar-refractivity contribution < 1.29 is 18.0 Å². The first-order chi connectivity index (χ1) is 15.7. The van der Waals surface area contributed by atoms with Crippen LogP contribution in [0.3, 0.4) is 0 Å². The Hall–Kier alpha value is -2.22. The number of hydrogen-bond acceptors (Lipinski definition) is 4. The smallest absolute Gasteiger partial charge is 0.398 e. The monoisotopic (exact) mass is 464 g/mol. The number of alkyl halides is 3. The molecule has 1 spiro atoms. The summed E-state index contributed by atoms with van der Waals surface area (Å²) >= 11 is 0. The lowest BCUT2D eigenvalue weighted by Gasteiger charge is -2.40. The van der Waals surface area contributed by atoms with Crippen molar-refractivity contribution in [2.24, 2.45) is 5.41 Å². The van der Waals surface area contributed by atoms with Gasteiger partial charge in [0.05, 0.1) is 5.56 Å². The van der Waals surface area contributed by atoms with Crippen LogP contribution in [0.4, 0.5) is 24.5 Å². The second-order valence-corrected chi connectivity index (χ2v) is 9.98. The number of allylic oxidation sites excluding steroid dienone is 1. The van der Waals surface area contributed by atoms with Crippen molar-refractivity contribution in [2.45, 2.75) is 57.5 Å². The van der Waals surface area contributed by atoms with E-state index in [1.807, 2.05) is 9.80 Å². The lowest BCUT2D eigenvalue weighted by Crippen LogP contribution is -2.47. The standard InChI is InChI=1S/C25H35F3N4O/c1-19-17-24(8-2-3-9-24)18-23(33)32(19)11-5-4-10-30-12-14-31(15-13-30)20-6-7-22(29)21(16-20)25(26,27)28/h6-7,16H,1-5,8-15,17-18,29H2. The van der Waals surface area contributed by atoms with E-state index in [0.29, 0.717) is 25.2 Å². The van der Waals surface area contributed by atoms with Crippen LogP contribution < -0.4 is 10.6 Å². The predicted octanol–water partition coefficient (Wildman–Crippen LogP) is 4.89. The molecule has 0 bridgehead atoms. The fraction of sp³-hybridized carbons (Fsp3) is 0.640. The van der Waals surface area contributed by atoms with Crippen LogP contribution in [-0.2, 0) is 11.0 Å². The number of nitrogen functional groups attached to an aromatic ring is 1. The molecule has 0 unspecified atom stereocenters. The van der Waals surface area contributed by atoms with Gasteiger partial charge in [0.15, 0.2) is 0 Å². The van der Waals surface area contributed by atoms with E-state index in [-0.39, 0.29) is 17.0 Å². The minimum absolute atomic E-state index is 0.190. The highest BCUT2D eigenvalue weighted by atomic mass is 19.4. The average Bonchev–Trinajstić information content (AvgIpc) is 3.20. The van der Waals surface area contributed by atoms with Gasteiger partial charge in [0.2, 0.25) is 5.91 Å². The summed E-state index contributed by atoms with van der Waals surface area (Å²) in [6, 6.07) is 4.16. The minimum Gasteiger partial charge on any atom is -0.398 e. The molecule has 0 radical (unpaired) electrons. The molecule has 2 N–H and O–H groups in total. The second-order valence-electron chi connectivity index (χ2n) is 9.98. The number of nitrogens with zero attached hydrogens (tertiary/aromatic N) is 3. The SMILES string of the molecule is C=C1CC2(CCCC2)CC(=O)N1CCCCN1CCN(c2ccc(N)c(C(F)(F)F)c2)CC1. The third-order valence-corrected chi connectivity index (χ3v) is 7.64. The molecule has 1 aromatic carbocycles. The number of rotatable bonds is 6. The molecule has 2 saturated heterocycles. The summed E-state index contributed by atoms with van der Waals surface area (Å²) in [7, 11) is 0. The summed E-state index contributed by atoms with van der Waals surface area (Å²) in [4.78, 5) is 18.9. The van der Waals surface area contributed by atoms with Crippen molar-refractivity contribution >= 4 is 17.3 Å². The first-order valence-electron chi connectivity index (χ1n) is 12.1. The van der Waals surface area contributed by atoms with E-state index in [1.165, 1.54) is 18.9 Å². The molecular formula is C25H35F3N4O. The van der Waals surface area contributed by atoms with Gasteiger partial charge in [0.1, 0.15) is 0 Å². The van der Waals surface area contributed by atoms with Crippen molar-refractivity contribution in [1.29, 1.82) is 0 Å². The zero-order chi connectivity index (χ0) is 23.6. The number of amides is 1. The molecule has 4 rings (SSSR count). The Labute approximate surface area is 194 Å². The van der Waals surface area contributed by atoms with Crippen molar-refractivity contribution in [3.8, 4) is 0 Å². The fourth-order valence-electron chi connectivity index (χ4n) is 5.77. The number of benzene rings is 1. The first kappa shape index (κ1) is 23.9. The Bertz CT molecular complexity index is 851. The molecule has 8 heteroatoms. The average molecular weight is 465 g/mol. The number of unbranched alkanes of at least 4 members (excludes halogenated alkanes) is 1. The number of carbonyl (C=O) groups excluding carboxylic acids is 1. The normalized spacial score (nSPS) is 21.9. The minimum atomic E-state index is -4.44. The molecule has 2 heterocycles. The van der Waals surface area contributed by atoms with Gasteiger partial charge in [-0.15, -0.1) is 0 Å². The van der Waals surface area contributed by atoms with Crippen LogP contribution >= 0.6 is 0 Å². The highest BCUT2D eigenvalue weighted by Crippen LogP contribution is 2.49. The maximum atomic E-state index is 13.2. The van der Waals surface area contributed by atoms with Gasteiger partial charge in [-0.2, -0.15) is 13.2 Å². The van der Waals surface area contributed by atoms with E-state index < -0.39 is 11.7 Å². The highest BCUT2D eigenvalue weighted by Gasteiger charge is 2.42. The molecule has 1 amide bonds. The van der Waals surface area contributed by atoms with Crippen molar-refractivity contribution in [2.75, 3.05) is 49.9 Å². The number of piperidine rings is 1. The summed E-state index contributed by atoms with van der Waals surface area (Å²) in [6.45, 7) is 8.86. The van der Waals surface area contributed by atoms with Crippen molar-refractivity contribution in [3.05, 3.63) is 36.0 Å². The Morgan fingerprint density at radius 3 is 2.30 bits per heavy atom. The van der Waals surface area contributed by atoms with Crippen LogP contribution in [-0.4, -0.2) is 55.0 Å². The summed E-state index contributed by atoms with van der Waals surface area (Å²) < 4.78 is 39.5. The van der Waals surface area contributed by atoms with Crippen molar-refractivity contribution in [1.82, 2.24) is 9.80 Å². The van der Waals surface area contributed by atoms with Crippen LogP contribution in [0.15, 0.2) is 30.5 Å². The zero-order valence-corrected chi connectivity index (χ0v) is 19.3. The van der Waals surface area contributed by atoms with E-state index in [1.54, 1.807) is 6.07 Å². The Balaban J connectivity index is 1.19. The van der Waals surface area contributed by atoms with Gasteiger partial charge in [0, 0.05) is 56.2 Å². The first-order valence-corrected chi connectivity index (χ1v) is 12.1. The summed E-state index contributed by atoms with van der Waals surface area (Å²) in [5, 5.41) is 0. The van der Waals surface area contributed by atoms with Crippen LogP contribution in [0.1, 0.15) is 56.9 Å². The zero-order valence-electron chi connectivity index (χ0n) is 19.3. The van der Waals surface area contributed by atoms with Gasteiger partial charge in [0.25, 0.3) is 0 Å². The van der Waals surface area contributed by atoms with Crippen LogP contribution in [0, 0.1) is 5.41 Å². The molecule has 5 nitrogen and oxygen atoms in total. The number of hydrogen-bond donors (Lipinski definition) is 1.